The first kappa shape index (κ1) is 14.4. The van der Waals surface area contributed by atoms with Gasteiger partial charge in [-0.2, -0.15) is 0 Å². The average molecular weight is 251 g/mol. The Morgan fingerprint density at radius 3 is 3.00 bits per heavy atom. The zero-order chi connectivity index (χ0) is 13.2. The van der Waals surface area contributed by atoms with Crippen LogP contribution in [0, 0.1) is 0 Å². The lowest BCUT2D eigenvalue weighted by atomic mass is 10.2. The van der Waals surface area contributed by atoms with Crippen molar-refractivity contribution in [3.05, 3.63) is 23.9 Å². The van der Waals surface area contributed by atoms with Crippen LogP contribution in [-0.4, -0.2) is 37.7 Å². The highest BCUT2D eigenvalue weighted by Crippen LogP contribution is 2.05. The van der Waals surface area contributed by atoms with E-state index in [2.05, 4.69) is 22.5 Å². The van der Waals surface area contributed by atoms with Gasteiger partial charge in [0.1, 0.15) is 5.82 Å². The Morgan fingerprint density at radius 2 is 2.28 bits per heavy atom. The first-order valence-corrected chi connectivity index (χ1v) is 6.27. The molecule has 0 atom stereocenters. The highest BCUT2D eigenvalue weighted by molar-refractivity contribution is 5.94. The Balaban J connectivity index is 2.27. The number of carbonyl (C=O) groups excluding carboxylic acids is 1. The smallest absolute Gasteiger partial charge is 0.251 e. The predicted molar refractivity (Wildman–Crippen MR) is 71.8 cm³/mol. The maximum atomic E-state index is 11.8. The minimum Gasteiger partial charge on any atom is -0.380 e. The molecule has 1 aromatic rings. The number of carbonyl (C=O) groups is 1. The van der Waals surface area contributed by atoms with Gasteiger partial charge < -0.3 is 15.4 Å². The fourth-order valence-electron chi connectivity index (χ4n) is 1.40. The Morgan fingerprint density at radius 1 is 1.44 bits per heavy atom. The van der Waals surface area contributed by atoms with Gasteiger partial charge in [0, 0.05) is 32.0 Å². The van der Waals surface area contributed by atoms with Gasteiger partial charge in [0.15, 0.2) is 0 Å². The summed E-state index contributed by atoms with van der Waals surface area (Å²) in [5, 5.41) is 5.70. The monoisotopic (exact) mass is 251 g/mol. The van der Waals surface area contributed by atoms with Gasteiger partial charge in [0.05, 0.1) is 6.61 Å². The Bertz CT molecular complexity index is 369. The standard InChI is InChI=1S/C13H21N3O2/c1-3-4-8-18-9-7-16-13(17)11-5-6-15-12(10-11)14-2/h5-6,10H,3-4,7-9H2,1-2H3,(H,14,15)(H,16,17). The lowest BCUT2D eigenvalue weighted by molar-refractivity contribution is 0.0912. The van der Waals surface area contributed by atoms with Crippen molar-refractivity contribution in [1.82, 2.24) is 10.3 Å². The zero-order valence-corrected chi connectivity index (χ0v) is 11.0. The zero-order valence-electron chi connectivity index (χ0n) is 11.0. The summed E-state index contributed by atoms with van der Waals surface area (Å²) in [5.74, 6) is 0.579. The predicted octanol–water partition coefficient (Wildman–Crippen LogP) is 1.67. The molecular weight excluding hydrogens is 230 g/mol. The molecule has 100 valence electrons. The molecule has 0 aliphatic carbocycles. The van der Waals surface area contributed by atoms with E-state index < -0.39 is 0 Å². The van der Waals surface area contributed by atoms with Crippen LogP contribution in [0.15, 0.2) is 18.3 Å². The molecule has 5 nitrogen and oxygen atoms in total. The molecule has 0 aliphatic rings. The van der Waals surface area contributed by atoms with Crippen molar-refractivity contribution in [3.63, 3.8) is 0 Å². The topological polar surface area (TPSA) is 63.2 Å². The third kappa shape index (κ3) is 5.14. The Labute approximate surface area is 108 Å². The number of rotatable bonds is 8. The molecule has 0 spiro atoms. The molecule has 0 radical (unpaired) electrons. The van der Waals surface area contributed by atoms with Crippen LogP contribution < -0.4 is 10.6 Å². The van der Waals surface area contributed by atoms with E-state index in [-0.39, 0.29) is 5.91 Å². The number of ether oxygens (including phenoxy) is 1. The lowest BCUT2D eigenvalue weighted by Crippen LogP contribution is -2.27. The molecule has 1 aromatic heterocycles. The summed E-state index contributed by atoms with van der Waals surface area (Å²) in [6, 6.07) is 3.40. The van der Waals surface area contributed by atoms with Crippen LogP contribution in [-0.2, 0) is 4.74 Å². The minimum absolute atomic E-state index is 0.104. The summed E-state index contributed by atoms with van der Waals surface area (Å²) < 4.78 is 5.37. The first-order valence-electron chi connectivity index (χ1n) is 6.27. The largest absolute Gasteiger partial charge is 0.380 e. The summed E-state index contributed by atoms with van der Waals surface area (Å²) in [6.45, 7) is 3.95. The fraction of sp³-hybridized carbons (Fsp3) is 0.538. The normalized spacial score (nSPS) is 10.1. The van der Waals surface area contributed by atoms with E-state index >= 15 is 0 Å². The second-order valence-corrected chi connectivity index (χ2v) is 3.90. The van der Waals surface area contributed by atoms with Gasteiger partial charge in [-0.1, -0.05) is 13.3 Å². The highest BCUT2D eigenvalue weighted by Gasteiger charge is 2.05. The second-order valence-electron chi connectivity index (χ2n) is 3.90. The molecule has 0 fully saturated rings. The second kappa shape index (κ2) is 8.47. The summed E-state index contributed by atoms with van der Waals surface area (Å²) in [7, 11) is 1.77. The van der Waals surface area contributed by atoms with Crippen molar-refractivity contribution >= 4 is 11.7 Å². The third-order valence-corrected chi connectivity index (χ3v) is 2.45. The molecule has 1 rings (SSSR count). The van der Waals surface area contributed by atoms with Gasteiger partial charge in [-0.15, -0.1) is 0 Å². The van der Waals surface area contributed by atoms with Crippen LogP contribution in [0.1, 0.15) is 30.1 Å². The SMILES string of the molecule is CCCCOCCNC(=O)c1ccnc(NC)c1. The van der Waals surface area contributed by atoms with E-state index in [1.54, 1.807) is 25.4 Å². The van der Waals surface area contributed by atoms with Crippen molar-refractivity contribution in [2.24, 2.45) is 0 Å². The molecule has 2 N–H and O–H groups in total. The molecule has 0 bridgehead atoms. The van der Waals surface area contributed by atoms with Crippen molar-refractivity contribution in [2.45, 2.75) is 19.8 Å². The quantitative estimate of drug-likeness (QED) is 0.690. The van der Waals surface area contributed by atoms with Crippen LogP contribution in [0.3, 0.4) is 0 Å². The molecule has 0 aliphatic heterocycles. The van der Waals surface area contributed by atoms with E-state index in [0.29, 0.717) is 24.5 Å². The Hall–Kier alpha value is -1.62. The minimum atomic E-state index is -0.104. The molecule has 5 heteroatoms. The van der Waals surface area contributed by atoms with Crippen molar-refractivity contribution in [2.75, 3.05) is 32.1 Å². The number of nitrogens with one attached hydrogen (secondary N) is 2. The summed E-state index contributed by atoms with van der Waals surface area (Å²) >= 11 is 0. The summed E-state index contributed by atoms with van der Waals surface area (Å²) in [6.07, 6.45) is 3.79. The van der Waals surface area contributed by atoms with Gasteiger partial charge in [0.25, 0.3) is 5.91 Å². The molecular formula is C13H21N3O2. The average Bonchev–Trinajstić information content (AvgIpc) is 2.42. The number of hydrogen-bond donors (Lipinski definition) is 2. The molecule has 1 heterocycles. The van der Waals surface area contributed by atoms with Gasteiger partial charge in [-0.05, 0) is 18.6 Å². The number of amides is 1. The van der Waals surface area contributed by atoms with E-state index in [1.807, 2.05) is 0 Å². The first-order chi connectivity index (χ1) is 8.77. The molecule has 0 aromatic carbocycles. The summed E-state index contributed by atoms with van der Waals surface area (Å²) in [5.41, 5.74) is 0.600. The van der Waals surface area contributed by atoms with Gasteiger partial charge in [0.2, 0.25) is 0 Å². The van der Waals surface area contributed by atoms with E-state index in [4.69, 9.17) is 4.74 Å². The molecule has 0 saturated carbocycles. The van der Waals surface area contributed by atoms with Crippen LogP contribution in [0.2, 0.25) is 0 Å². The number of unbranched alkanes of at least 4 members (excludes halogenated alkanes) is 1. The number of aromatic nitrogens is 1. The highest BCUT2D eigenvalue weighted by atomic mass is 16.5. The third-order valence-electron chi connectivity index (χ3n) is 2.45. The number of anilines is 1. The van der Waals surface area contributed by atoms with Crippen LogP contribution in [0.25, 0.3) is 0 Å². The number of pyridine rings is 1. The molecule has 18 heavy (non-hydrogen) atoms. The van der Waals surface area contributed by atoms with Gasteiger partial charge in [-0.3, -0.25) is 4.79 Å². The van der Waals surface area contributed by atoms with Gasteiger partial charge in [-0.25, -0.2) is 4.98 Å². The fourth-order valence-corrected chi connectivity index (χ4v) is 1.40. The Kier molecular flexibility index (Phi) is 6.79. The van der Waals surface area contributed by atoms with Crippen LogP contribution >= 0.6 is 0 Å². The van der Waals surface area contributed by atoms with Crippen molar-refractivity contribution in [3.8, 4) is 0 Å². The van der Waals surface area contributed by atoms with Crippen molar-refractivity contribution < 1.29 is 9.53 Å². The number of nitrogens with zero attached hydrogens (tertiary/aromatic N) is 1. The maximum absolute atomic E-state index is 11.8. The van der Waals surface area contributed by atoms with E-state index in [0.717, 1.165) is 19.4 Å². The van der Waals surface area contributed by atoms with Crippen LogP contribution in [0.4, 0.5) is 5.82 Å². The molecule has 0 saturated heterocycles. The summed E-state index contributed by atoms with van der Waals surface area (Å²) in [4.78, 5) is 15.8. The molecule has 1 amide bonds. The van der Waals surface area contributed by atoms with Gasteiger partial charge >= 0.3 is 0 Å². The van der Waals surface area contributed by atoms with Crippen LogP contribution in [0.5, 0.6) is 0 Å². The van der Waals surface area contributed by atoms with E-state index in [9.17, 15) is 4.79 Å². The number of hydrogen-bond acceptors (Lipinski definition) is 4. The van der Waals surface area contributed by atoms with E-state index in [1.165, 1.54) is 0 Å². The lowest BCUT2D eigenvalue weighted by Gasteiger charge is -2.07. The maximum Gasteiger partial charge on any atom is 0.251 e. The van der Waals surface area contributed by atoms with Crippen molar-refractivity contribution in [1.29, 1.82) is 0 Å². The molecule has 0 unspecified atom stereocenters.